The minimum atomic E-state index is -4.72. The molecule has 1 aliphatic rings. The number of carbonyl (C=O) groups is 1. The maximum absolute atomic E-state index is 12.8. The van der Waals surface area contributed by atoms with Crippen LogP contribution in [0.3, 0.4) is 0 Å². The summed E-state index contributed by atoms with van der Waals surface area (Å²) >= 11 is 0. The van der Waals surface area contributed by atoms with Crippen molar-refractivity contribution in [3.05, 3.63) is 82.2 Å². The van der Waals surface area contributed by atoms with Crippen LogP contribution in [-0.4, -0.2) is 63.0 Å². The minimum absolute atomic E-state index is 0.0318. The lowest BCUT2D eigenvalue weighted by atomic mass is 10.2. The molecule has 0 aliphatic carbocycles. The Labute approximate surface area is 192 Å². The fourth-order valence-corrected chi connectivity index (χ4v) is 3.63. The molecule has 1 amide bonds. The third-order valence-corrected chi connectivity index (χ3v) is 5.36. The smallest absolute Gasteiger partial charge is 0.406 e. The van der Waals surface area contributed by atoms with Gasteiger partial charge in [0, 0.05) is 51.1 Å². The molecule has 0 bridgehead atoms. The standard InChI is InChI=1S/C22H20F3N5O4/c23-22(24,25)34-19-7-1-16(2-8-19)15-27-11-13-28(14-12-27)21(31)20-9-10-29(26-20)17-3-5-18(6-4-17)30(32)33/h1-10H,11-15H2. The topological polar surface area (TPSA) is 93.7 Å². The van der Waals surface area contributed by atoms with Gasteiger partial charge in [-0.25, -0.2) is 4.68 Å². The molecule has 1 aliphatic heterocycles. The average molecular weight is 475 g/mol. The van der Waals surface area contributed by atoms with Crippen molar-refractivity contribution >= 4 is 11.6 Å². The summed E-state index contributed by atoms with van der Waals surface area (Å²) in [5.41, 5.74) is 1.68. The third-order valence-electron chi connectivity index (χ3n) is 5.36. The zero-order chi connectivity index (χ0) is 24.3. The molecule has 0 atom stereocenters. The number of nitro groups is 1. The van der Waals surface area contributed by atoms with Crippen LogP contribution in [0.15, 0.2) is 60.8 Å². The van der Waals surface area contributed by atoms with Gasteiger partial charge in [0.1, 0.15) is 5.75 Å². The van der Waals surface area contributed by atoms with Gasteiger partial charge in [-0.2, -0.15) is 5.10 Å². The molecule has 2 aromatic carbocycles. The second-order valence-electron chi connectivity index (χ2n) is 7.68. The number of halogens is 3. The van der Waals surface area contributed by atoms with Gasteiger partial charge in [0.15, 0.2) is 5.69 Å². The summed E-state index contributed by atoms with van der Waals surface area (Å²) in [4.78, 5) is 26.9. The molecule has 12 heteroatoms. The maximum Gasteiger partial charge on any atom is 0.573 e. The molecule has 2 heterocycles. The van der Waals surface area contributed by atoms with Gasteiger partial charge >= 0.3 is 6.36 Å². The van der Waals surface area contributed by atoms with Crippen LogP contribution in [0.1, 0.15) is 16.1 Å². The van der Waals surface area contributed by atoms with E-state index in [2.05, 4.69) is 14.7 Å². The second-order valence-corrected chi connectivity index (χ2v) is 7.68. The Kier molecular flexibility index (Phi) is 6.50. The van der Waals surface area contributed by atoms with E-state index in [0.717, 1.165) is 5.56 Å². The lowest BCUT2D eigenvalue weighted by Crippen LogP contribution is -2.48. The maximum atomic E-state index is 12.8. The molecule has 9 nitrogen and oxygen atoms in total. The lowest BCUT2D eigenvalue weighted by Gasteiger charge is -2.34. The molecule has 1 fully saturated rings. The molecule has 0 unspecified atom stereocenters. The monoisotopic (exact) mass is 475 g/mol. The van der Waals surface area contributed by atoms with Gasteiger partial charge in [-0.05, 0) is 35.9 Å². The summed E-state index contributed by atoms with van der Waals surface area (Å²) < 4.78 is 42.2. The number of hydrogen-bond acceptors (Lipinski definition) is 6. The number of rotatable bonds is 6. The summed E-state index contributed by atoms with van der Waals surface area (Å²) in [5, 5.41) is 15.1. The molecular weight excluding hydrogens is 455 g/mol. The first-order valence-corrected chi connectivity index (χ1v) is 10.3. The van der Waals surface area contributed by atoms with Crippen molar-refractivity contribution in [2.75, 3.05) is 26.2 Å². The van der Waals surface area contributed by atoms with Crippen molar-refractivity contribution < 1.29 is 27.6 Å². The molecule has 34 heavy (non-hydrogen) atoms. The zero-order valence-electron chi connectivity index (χ0n) is 17.8. The van der Waals surface area contributed by atoms with Crippen LogP contribution in [0.2, 0.25) is 0 Å². The number of nitro benzene ring substituents is 1. The molecule has 3 aromatic rings. The first-order valence-electron chi connectivity index (χ1n) is 10.3. The Bertz CT molecular complexity index is 1150. The molecule has 1 saturated heterocycles. The van der Waals surface area contributed by atoms with E-state index >= 15 is 0 Å². The van der Waals surface area contributed by atoms with E-state index in [4.69, 9.17) is 0 Å². The van der Waals surface area contributed by atoms with Crippen LogP contribution in [0.25, 0.3) is 5.69 Å². The highest BCUT2D eigenvalue weighted by Crippen LogP contribution is 2.23. The highest BCUT2D eigenvalue weighted by Gasteiger charge is 2.31. The second kappa shape index (κ2) is 9.51. The summed E-state index contributed by atoms with van der Waals surface area (Å²) in [7, 11) is 0. The van der Waals surface area contributed by atoms with Crippen molar-refractivity contribution in [2.24, 2.45) is 0 Å². The van der Waals surface area contributed by atoms with Gasteiger partial charge in [0.25, 0.3) is 11.6 Å². The average Bonchev–Trinajstić information content (AvgIpc) is 3.30. The number of ether oxygens (including phenoxy) is 1. The molecule has 0 N–H and O–H groups in total. The molecule has 178 valence electrons. The SMILES string of the molecule is O=C(c1ccn(-c2ccc([N+](=O)[O-])cc2)n1)N1CCN(Cc2ccc(OC(F)(F)F)cc2)CC1. The van der Waals surface area contributed by atoms with E-state index < -0.39 is 11.3 Å². The molecule has 0 saturated carbocycles. The largest absolute Gasteiger partial charge is 0.573 e. The Balaban J connectivity index is 1.30. The number of amides is 1. The summed E-state index contributed by atoms with van der Waals surface area (Å²) in [6, 6.07) is 13.2. The van der Waals surface area contributed by atoms with Gasteiger partial charge in [-0.15, -0.1) is 13.2 Å². The number of non-ortho nitro benzene ring substituents is 1. The lowest BCUT2D eigenvalue weighted by molar-refractivity contribution is -0.384. The Hall–Kier alpha value is -3.93. The first-order chi connectivity index (χ1) is 16.2. The molecule has 0 radical (unpaired) electrons. The number of alkyl halides is 3. The van der Waals surface area contributed by atoms with E-state index in [9.17, 15) is 28.1 Å². The number of hydrogen-bond donors (Lipinski definition) is 0. The molecule has 0 spiro atoms. The van der Waals surface area contributed by atoms with Crippen LogP contribution in [0.5, 0.6) is 5.75 Å². The highest BCUT2D eigenvalue weighted by atomic mass is 19.4. The van der Waals surface area contributed by atoms with Crippen LogP contribution in [0, 0.1) is 10.1 Å². The number of carbonyl (C=O) groups excluding carboxylic acids is 1. The predicted molar refractivity (Wildman–Crippen MR) is 115 cm³/mol. The van der Waals surface area contributed by atoms with E-state index in [0.29, 0.717) is 38.4 Å². The molecule has 1 aromatic heterocycles. The third kappa shape index (κ3) is 5.70. The van der Waals surface area contributed by atoms with E-state index in [-0.39, 0.29) is 23.0 Å². The van der Waals surface area contributed by atoms with Crippen molar-refractivity contribution in [1.82, 2.24) is 19.6 Å². The van der Waals surface area contributed by atoms with Gasteiger partial charge in [0.05, 0.1) is 10.6 Å². The summed E-state index contributed by atoms with van der Waals surface area (Å²) in [6.45, 7) is 2.73. The number of nitrogens with zero attached hydrogens (tertiary/aromatic N) is 5. The van der Waals surface area contributed by atoms with Crippen LogP contribution in [0.4, 0.5) is 18.9 Å². The normalized spacial score (nSPS) is 14.7. The Morgan fingerprint density at radius 3 is 2.24 bits per heavy atom. The van der Waals surface area contributed by atoms with Crippen molar-refractivity contribution in [1.29, 1.82) is 0 Å². The number of aromatic nitrogens is 2. The number of piperazine rings is 1. The zero-order valence-corrected chi connectivity index (χ0v) is 17.8. The summed E-state index contributed by atoms with van der Waals surface area (Å²) in [6.07, 6.45) is -3.10. The van der Waals surface area contributed by atoms with Gasteiger partial charge in [0.2, 0.25) is 0 Å². The fraction of sp³-hybridized carbons (Fsp3) is 0.273. The van der Waals surface area contributed by atoms with E-state index in [1.807, 2.05) is 0 Å². The van der Waals surface area contributed by atoms with Crippen molar-refractivity contribution in [3.63, 3.8) is 0 Å². The molecular formula is C22H20F3N5O4. The van der Waals surface area contributed by atoms with E-state index in [1.54, 1.807) is 41.4 Å². The van der Waals surface area contributed by atoms with E-state index in [1.165, 1.54) is 28.9 Å². The Morgan fingerprint density at radius 2 is 1.65 bits per heavy atom. The fourth-order valence-electron chi connectivity index (χ4n) is 3.63. The van der Waals surface area contributed by atoms with Crippen LogP contribution < -0.4 is 4.74 Å². The van der Waals surface area contributed by atoms with Crippen molar-refractivity contribution in [3.8, 4) is 11.4 Å². The van der Waals surface area contributed by atoms with Gasteiger partial charge < -0.3 is 9.64 Å². The minimum Gasteiger partial charge on any atom is -0.406 e. The van der Waals surface area contributed by atoms with Gasteiger partial charge in [-0.3, -0.25) is 19.8 Å². The Morgan fingerprint density at radius 1 is 1.00 bits per heavy atom. The molecule has 4 rings (SSSR count). The van der Waals surface area contributed by atoms with Crippen LogP contribution in [-0.2, 0) is 6.54 Å². The highest BCUT2D eigenvalue weighted by molar-refractivity contribution is 5.92. The first kappa shape index (κ1) is 23.2. The number of benzene rings is 2. The van der Waals surface area contributed by atoms with Crippen molar-refractivity contribution in [2.45, 2.75) is 12.9 Å². The van der Waals surface area contributed by atoms with Crippen LogP contribution >= 0.6 is 0 Å². The summed E-state index contributed by atoms with van der Waals surface area (Å²) in [5.74, 6) is -0.478. The predicted octanol–water partition coefficient (Wildman–Crippen LogP) is 3.64. The van der Waals surface area contributed by atoms with Gasteiger partial charge in [-0.1, -0.05) is 12.1 Å². The quantitative estimate of drug-likeness (QED) is 0.399.